The summed E-state index contributed by atoms with van der Waals surface area (Å²) in [6.45, 7) is 3.68. The Morgan fingerprint density at radius 3 is 2.81 bits per heavy atom. The maximum atomic E-state index is 13.7. The van der Waals surface area contributed by atoms with Crippen LogP contribution in [0, 0.1) is 5.82 Å². The number of rotatable bonds is 6. The lowest BCUT2D eigenvalue weighted by Crippen LogP contribution is -2.36. The molecule has 27 heavy (non-hydrogen) atoms. The maximum absolute atomic E-state index is 13.7. The lowest BCUT2D eigenvalue weighted by atomic mass is 9.89. The molecule has 0 saturated carbocycles. The highest BCUT2D eigenvalue weighted by atomic mass is 32.2. The maximum Gasteiger partial charge on any atom is 0.219 e. The average molecular weight is 389 g/mol. The molecule has 0 spiro atoms. The molecule has 0 radical (unpaired) electrons. The van der Waals surface area contributed by atoms with E-state index in [2.05, 4.69) is 4.98 Å². The van der Waals surface area contributed by atoms with Crippen LogP contribution in [0.15, 0.2) is 35.6 Å². The minimum atomic E-state index is -0.275. The number of aromatic nitrogens is 2. The van der Waals surface area contributed by atoms with Crippen molar-refractivity contribution in [3.05, 3.63) is 42.0 Å². The van der Waals surface area contributed by atoms with Gasteiger partial charge in [0.15, 0.2) is 5.16 Å². The number of likely N-dealkylation sites (tertiary alicyclic amines) is 1. The Bertz CT molecular complexity index is 795. The highest BCUT2D eigenvalue weighted by Crippen LogP contribution is 2.35. The Hall–Kier alpha value is -1.99. The lowest BCUT2D eigenvalue weighted by Gasteiger charge is -2.31. The largest absolute Gasteiger partial charge is 0.384 e. The summed E-state index contributed by atoms with van der Waals surface area (Å²) in [5.74, 6) is 0.835. The summed E-state index contributed by atoms with van der Waals surface area (Å²) in [4.78, 5) is 22.8. The molecule has 7 heteroatoms. The molecule has 1 aliphatic heterocycles. The van der Waals surface area contributed by atoms with Gasteiger partial charge in [-0.05, 0) is 30.5 Å². The van der Waals surface area contributed by atoms with Crippen LogP contribution in [0.2, 0.25) is 0 Å². The smallest absolute Gasteiger partial charge is 0.219 e. The van der Waals surface area contributed by atoms with Gasteiger partial charge >= 0.3 is 0 Å². The molecule has 1 aromatic carbocycles. The molecule has 0 N–H and O–H groups in total. The van der Waals surface area contributed by atoms with Gasteiger partial charge in [-0.3, -0.25) is 4.79 Å². The summed E-state index contributed by atoms with van der Waals surface area (Å²) in [7, 11) is 1.67. The molecule has 0 unspecified atom stereocenters. The van der Waals surface area contributed by atoms with Gasteiger partial charge in [-0.15, -0.1) is 0 Å². The third-order valence-corrected chi connectivity index (χ3v) is 5.60. The molecule has 0 aliphatic carbocycles. The zero-order valence-electron chi connectivity index (χ0n) is 15.7. The number of nitrogens with zero attached hydrogens (tertiary/aromatic N) is 3. The topological polar surface area (TPSA) is 55.3 Å². The van der Waals surface area contributed by atoms with Gasteiger partial charge in [0.2, 0.25) is 5.91 Å². The second-order valence-corrected chi connectivity index (χ2v) is 7.65. The highest BCUT2D eigenvalue weighted by Gasteiger charge is 2.26. The van der Waals surface area contributed by atoms with Crippen molar-refractivity contribution in [2.24, 2.45) is 0 Å². The van der Waals surface area contributed by atoms with E-state index in [-0.39, 0.29) is 17.6 Å². The standard InChI is InChI=1S/C20H24FN3O2S/c1-14(25)24-8-6-15(7-9-24)19-18(16-4-3-5-17(21)12-16)13-22-20(23-19)27-11-10-26-2/h3-5,12-13,15H,6-11H2,1-2H3. The van der Waals surface area contributed by atoms with Crippen LogP contribution in [-0.4, -0.2) is 53.3 Å². The highest BCUT2D eigenvalue weighted by molar-refractivity contribution is 7.99. The Balaban J connectivity index is 1.90. The molecule has 144 valence electrons. The average Bonchev–Trinajstić information content (AvgIpc) is 2.68. The van der Waals surface area contributed by atoms with Crippen LogP contribution in [0.3, 0.4) is 0 Å². The van der Waals surface area contributed by atoms with Crippen LogP contribution < -0.4 is 0 Å². The van der Waals surface area contributed by atoms with Crippen molar-refractivity contribution >= 4 is 17.7 Å². The number of amides is 1. The Morgan fingerprint density at radius 2 is 2.15 bits per heavy atom. The van der Waals surface area contributed by atoms with Crippen molar-refractivity contribution in [2.45, 2.75) is 30.8 Å². The number of carbonyl (C=O) groups is 1. The molecule has 1 fully saturated rings. The summed E-state index contributed by atoms with van der Waals surface area (Å²) < 4.78 is 18.8. The first-order valence-corrected chi connectivity index (χ1v) is 10.1. The Morgan fingerprint density at radius 1 is 1.37 bits per heavy atom. The van der Waals surface area contributed by atoms with Gasteiger partial charge in [-0.25, -0.2) is 14.4 Å². The summed E-state index contributed by atoms with van der Waals surface area (Å²) >= 11 is 1.55. The molecule has 2 aromatic rings. The first-order chi connectivity index (χ1) is 13.1. The quantitative estimate of drug-likeness (QED) is 0.428. The zero-order chi connectivity index (χ0) is 19.2. The fourth-order valence-corrected chi connectivity index (χ4v) is 4.04. The monoisotopic (exact) mass is 389 g/mol. The summed E-state index contributed by atoms with van der Waals surface area (Å²) in [5, 5.41) is 0.705. The second kappa shape index (κ2) is 9.28. The van der Waals surface area contributed by atoms with Gasteiger partial charge in [0.1, 0.15) is 5.82 Å². The normalized spacial score (nSPS) is 15.1. The van der Waals surface area contributed by atoms with E-state index in [0.29, 0.717) is 11.8 Å². The van der Waals surface area contributed by atoms with Gasteiger partial charge in [-0.2, -0.15) is 0 Å². The van der Waals surface area contributed by atoms with Crippen molar-refractivity contribution in [3.63, 3.8) is 0 Å². The minimum Gasteiger partial charge on any atom is -0.384 e. The van der Waals surface area contributed by atoms with Crippen LogP contribution in [-0.2, 0) is 9.53 Å². The molecule has 1 amide bonds. The van der Waals surface area contributed by atoms with E-state index >= 15 is 0 Å². The van der Waals surface area contributed by atoms with Crippen LogP contribution >= 0.6 is 11.8 Å². The van der Waals surface area contributed by atoms with Gasteiger partial charge in [-0.1, -0.05) is 23.9 Å². The Kier molecular flexibility index (Phi) is 6.79. The number of ether oxygens (including phenoxy) is 1. The van der Waals surface area contributed by atoms with Crippen molar-refractivity contribution in [1.29, 1.82) is 0 Å². The second-order valence-electron chi connectivity index (χ2n) is 6.58. The fraction of sp³-hybridized carbons (Fsp3) is 0.450. The zero-order valence-corrected chi connectivity index (χ0v) is 16.5. The van der Waals surface area contributed by atoms with Crippen LogP contribution in [0.25, 0.3) is 11.1 Å². The van der Waals surface area contributed by atoms with Gasteiger partial charge in [0, 0.05) is 50.6 Å². The third-order valence-electron chi connectivity index (χ3n) is 4.78. The third kappa shape index (κ3) is 5.05. The van der Waals surface area contributed by atoms with E-state index in [1.54, 1.807) is 38.1 Å². The number of benzene rings is 1. The lowest BCUT2D eigenvalue weighted by molar-refractivity contribution is -0.129. The Labute approximate surface area is 163 Å². The first-order valence-electron chi connectivity index (χ1n) is 9.08. The van der Waals surface area contributed by atoms with Crippen molar-refractivity contribution in [1.82, 2.24) is 14.9 Å². The van der Waals surface area contributed by atoms with Crippen molar-refractivity contribution in [3.8, 4) is 11.1 Å². The van der Waals surface area contributed by atoms with Crippen LogP contribution in [0.5, 0.6) is 0 Å². The number of hydrogen-bond acceptors (Lipinski definition) is 5. The van der Waals surface area contributed by atoms with Gasteiger partial charge in [0.25, 0.3) is 0 Å². The van der Waals surface area contributed by atoms with E-state index < -0.39 is 0 Å². The van der Waals surface area contributed by atoms with E-state index in [9.17, 15) is 9.18 Å². The van der Waals surface area contributed by atoms with Crippen molar-refractivity contribution in [2.75, 3.05) is 32.6 Å². The molecule has 3 rings (SSSR count). The number of methoxy groups -OCH3 is 1. The number of thioether (sulfide) groups is 1. The van der Waals surface area contributed by atoms with E-state index in [0.717, 1.165) is 48.5 Å². The molecule has 1 aromatic heterocycles. The molecule has 1 saturated heterocycles. The summed E-state index contributed by atoms with van der Waals surface area (Å²) in [5.41, 5.74) is 2.60. The van der Waals surface area contributed by atoms with E-state index in [1.807, 2.05) is 11.0 Å². The predicted octanol–water partition coefficient (Wildman–Crippen LogP) is 3.75. The number of piperidine rings is 1. The fourth-order valence-electron chi connectivity index (χ4n) is 3.32. The molecule has 5 nitrogen and oxygen atoms in total. The molecule has 2 heterocycles. The minimum absolute atomic E-state index is 0.109. The van der Waals surface area contributed by atoms with Gasteiger partial charge < -0.3 is 9.64 Å². The van der Waals surface area contributed by atoms with Crippen LogP contribution in [0.1, 0.15) is 31.4 Å². The molecular weight excluding hydrogens is 365 g/mol. The predicted molar refractivity (Wildman–Crippen MR) is 104 cm³/mol. The number of halogens is 1. The first kappa shape index (κ1) is 19.8. The SMILES string of the molecule is COCCSc1ncc(-c2cccc(F)c2)c(C2CCN(C(C)=O)CC2)n1. The van der Waals surface area contributed by atoms with E-state index in [1.165, 1.54) is 12.1 Å². The van der Waals surface area contributed by atoms with Crippen molar-refractivity contribution < 1.29 is 13.9 Å². The molecule has 0 bridgehead atoms. The molecular formula is C20H24FN3O2S. The van der Waals surface area contributed by atoms with Gasteiger partial charge in [0.05, 0.1) is 12.3 Å². The number of hydrogen-bond donors (Lipinski definition) is 0. The molecule has 1 aliphatic rings. The van der Waals surface area contributed by atoms with Crippen LogP contribution in [0.4, 0.5) is 4.39 Å². The van der Waals surface area contributed by atoms with E-state index in [4.69, 9.17) is 9.72 Å². The summed E-state index contributed by atoms with van der Waals surface area (Å²) in [6.07, 6.45) is 3.49. The molecule has 0 atom stereocenters. The summed E-state index contributed by atoms with van der Waals surface area (Å²) in [6, 6.07) is 6.54. The number of carbonyl (C=O) groups excluding carboxylic acids is 1.